The van der Waals surface area contributed by atoms with Crippen LogP contribution in [0.1, 0.15) is 24.2 Å². The number of ether oxygens (including phenoxy) is 3. The van der Waals surface area contributed by atoms with Crippen molar-refractivity contribution >= 4 is 24.0 Å². The highest BCUT2D eigenvalue weighted by Crippen LogP contribution is 2.35. The van der Waals surface area contributed by atoms with E-state index in [1.165, 1.54) is 31.3 Å². The highest BCUT2D eigenvalue weighted by Gasteiger charge is 2.29. The zero-order valence-electron chi connectivity index (χ0n) is 16.3. The van der Waals surface area contributed by atoms with Crippen molar-refractivity contribution in [1.29, 1.82) is 0 Å². The molecule has 10 heteroatoms. The first-order chi connectivity index (χ1) is 12.2. The van der Waals surface area contributed by atoms with Crippen LogP contribution in [0, 0.1) is 15.5 Å². The molecule has 2 N–H and O–H groups in total. The number of methoxy groups -OCH3 is 2. The van der Waals surface area contributed by atoms with Crippen molar-refractivity contribution in [3.63, 3.8) is 0 Å². The fraction of sp³-hybridized carbons (Fsp3) is 0.588. The standard InChI is InChI=1S/C17H27N3O6.ClH/c1-17(2,10-18)11-19(3)16(21)12-8-14(25-5)15(26-7-6-24-4)9-13(12)20(22)23;/h8-9H,6-7,10-11,18H2,1-5H3;1H. The van der Waals surface area contributed by atoms with Crippen molar-refractivity contribution in [1.82, 2.24) is 4.90 Å². The number of carbonyl (C=O) groups is 1. The SMILES string of the molecule is COCCOc1cc([N+](=O)[O-])c(C(=O)N(C)CC(C)(C)CN)cc1OC.Cl. The zero-order valence-corrected chi connectivity index (χ0v) is 17.1. The van der Waals surface area contributed by atoms with E-state index in [9.17, 15) is 14.9 Å². The molecule has 0 aliphatic heterocycles. The van der Waals surface area contributed by atoms with Gasteiger partial charge in [0.15, 0.2) is 11.5 Å². The minimum atomic E-state index is -0.613. The molecule has 0 saturated heterocycles. The number of nitrogens with two attached hydrogens (primary N) is 1. The molecule has 1 amide bonds. The topological polar surface area (TPSA) is 117 Å². The van der Waals surface area contributed by atoms with Gasteiger partial charge in [0.05, 0.1) is 24.7 Å². The van der Waals surface area contributed by atoms with Crippen molar-refractivity contribution < 1.29 is 23.9 Å². The lowest BCUT2D eigenvalue weighted by atomic mass is 9.93. The normalized spacial score (nSPS) is 10.7. The monoisotopic (exact) mass is 405 g/mol. The van der Waals surface area contributed by atoms with E-state index in [4.69, 9.17) is 19.9 Å². The number of nitrogens with zero attached hydrogens (tertiary/aromatic N) is 2. The predicted molar refractivity (Wildman–Crippen MR) is 104 cm³/mol. The number of hydrogen-bond acceptors (Lipinski definition) is 7. The van der Waals surface area contributed by atoms with Gasteiger partial charge < -0.3 is 24.8 Å². The highest BCUT2D eigenvalue weighted by molar-refractivity contribution is 5.99. The summed E-state index contributed by atoms with van der Waals surface area (Å²) in [6.45, 7) is 5.07. The van der Waals surface area contributed by atoms with E-state index >= 15 is 0 Å². The molecule has 0 fully saturated rings. The molecule has 0 aliphatic carbocycles. The first-order valence-electron chi connectivity index (χ1n) is 8.10. The first kappa shape index (κ1) is 24.9. The largest absolute Gasteiger partial charge is 0.493 e. The quantitative estimate of drug-likeness (QED) is 0.360. The maximum Gasteiger partial charge on any atom is 0.286 e. The van der Waals surface area contributed by atoms with Crippen LogP contribution in [-0.4, -0.2) is 63.3 Å². The van der Waals surface area contributed by atoms with E-state index in [1.807, 2.05) is 13.8 Å². The molecule has 0 aromatic heterocycles. The third-order valence-corrected chi connectivity index (χ3v) is 3.82. The average Bonchev–Trinajstić information content (AvgIpc) is 2.60. The third-order valence-electron chi connectivity index (χ3n) is 3.82. The summed E-state index contributed by atoms with van der Waals surface area (Å²) in [5.74, 6) is -0.0701. The van der Waals surface area contributed by atoms with Crippen LogP contribution in [-0.2, 0) is 4.74 Å². The van der Waals surface area contributed by atoms with E-state index in [2.05, 4.69) is 0 Å². The van der Waals surface area contributed by atoms with Crippen molar-refractivity contribution in [2.75, 3.05) is 47.6 Å². The highest BCUT2D eigenvalue weighted by atomic mass is 35.5. The summed E-state index contributed by atoms with van der Waals surface area (Å²) >= 11 is 0. The fourth-order valence-electron chi connectivity index (χ4n) is 2.36. The Bertz CT molecular complexity index is 654. The van der Waals surface area contributed by atoms with Crippen molar-refractivity contribution in [2.24, 2.45) is 11.1 Å². The van der Waals surface area contributed by atoms with E-state index in [0.29, 0.717) is 19.7 Å². The molecular formula is C17H28ClN3O6. The van der Waals surface area contributed by atoms with Crippen molar-refractivity contribution in [3.8, 4) is 11.5 Å². The molecule has 0 saturated carbocycles. The number of nitro groups is 1. The van der Waals surface area contributed by atoms with Crippen LogP contribution < -0.4 is 15.2 Å². The maximum atomic E-state index is 12.8. The lowest BCUT2D eigenvalue weighted by molar-refractivity contribution is -0.385. The first-order valence-corrected chi connectivity index (χ1v) is 8.10. The van der Waals surface area contributed by atoms with Crippen LogP contribution in [0.25, 0.3) is 0 Å². The number of carbonyl (C=O) groups excluding carboxylic acids is 1. The molecule has 0 bridgehead atoms. The summed E-state index contributed by atoms with van der Waals surface area (Å²) in [6, 6.07) is 2.53. The Labute approximate surface area is 165 Å². The summed E-state index contributed by atoms with van der Waals surface area (Å²) < 4.78 is 15.6. The summed E-state index contributed by atoms with van der Waals surface area (Å²) in [6.07, 6.45) is 0. The van der Waals surface area contributed by atoms with Gasteiger partial charge in [0.25, 0.3) is 11.6 Å². The van der Waals surface area contributed by atoms with Gasteiger partial charge >= 0.3 is 0 Å². The molecule has 0 atom stereocenters. The summed E-state index contributed by atoms with van der Waals surface area (Å²) in [4.78, 5) is 25.0. The van der Waals surface area contributed by atoms with E-state index in [-0.39, 0.29) is 47.2 Å². The Morgan fingerprint density at radius 3 is 2.37 bits per heavy atom. The number of amides is 1. The number of hydrogen-bond donors (Lipinski definition) is 1. The Hall–Kier alpha value is -2.10. The third kappa shape index (κ3) is 6.85. The second kappa shape index (κ2) is 10.9. The van der Waals surface area contributed by atoms with E-state index in [1.54, 1.807) is 7.05 Å². The van der Waals surface area contributed by atoms with Gasteiger partial charge in [0.1, 0.15) is 12.2 Å². The molecule has 154 valence electrons. The Balaban J connectivity index is 0.00000676. The van der Waals surface area contributed by atoms with Crippen molar-refractivity contribution in [2.45, 2.75) is 13.8 Å². The molecule has 0 radical (unpaired) electrons. The molecule has 9 nitrogen and oxygen atoms in total. The van der Waals surface area contributed by atoms with E-state index < -0.39 is 10.8 Å². The zero-order chi connectivity index (χ0) is 19.9. The minimum Gasteiger partial charge on any atom is -0.493 e. The molecule has 1 aromatic rings. The summed E-state index contributed by atoms with van der Waals surface area (Å²) in [5.41, 5.74) is 4.97. The Morgan fingerprint density at radius 1 is 1.26 bits per heavy atom. The maximum absolute atomic E-state index is 12.8. The summed E-state index contributed by atoms with van der Waals surface area (Å²) in [5, 5.41) is 11.5. The van der Waals surface area contributed by atoms with Gasteiger partial charge in [-0.1, -0.05) is 13.8 Å². The van der Waals surface area contributed by atoms with Gasteiger partial charge in [-0.25, -0.2) is 0 Å². The van der Waals surface area contributed by atoms with Gasteiger partial charge in [0, 0.05) is 26.8 Å². The number of halogens is 1. The molecule has 0 aliphatic rings. The number of benzene rings is 1. The van der Waals surface area contributed by atoms with Crippen LogP contribution in [0.15, 0.2) is 12.1 Å². The molecular weight excluding hydrogens is 378 g/mol. The van der Waals surface area contributed by atoms with Crippen LogP contribution >= 0.6 is 12.4 Å². The average molecular weight is 406 g/mol. The molecule has 1 rings (SSSR count). The molecule has 0 heterocycles. The minimum absolute atomic E-state index is 0. The summed E-state index contributed by atoms with van der Waals surface area (Å²) in [7, 11) is 4.50. The van der Waals surface area contributed by atoms with Crippen LogP contribution in [0.3, 0.4) is 0 Å². The van der Waals surface area contributed by atoms with Crippen LogP contribution in [0.2, 0.25) is 0 Å². The van der Waals surface area contributed by atoms with Crippen LogP contribution in [0.4, 0.5) is 5.69 Å². The fourth-order valence-corrected chi connectivity index (χ4v) is 2.36. The Morgan fingerprint density at radius 2 is 1.89 bits per heavy atom. The molecule has 1 aromatic carbocycles. The lowest BCUT2D eigenvalue weighted by Gasteiger charge is -2.29. The second-order valence-electron chi connectivity index (χ2n) is 6.65. The number of nitro benzene ring substituents is 1. The molecule has 0 spiro atoms. The van der Waals surface area contributed by atoms with Gasteiger partial charge in [-0.3, -0.25) is 14.9 Å². The van der Waals surface area contributed by atoms with Gasteiger partial charge in [-0.15, -0.1) is 12.4 Å². The second-order valence-corrected chi connectivity index (χ2v) is 6.65. The van der Waals surface area contributed by atoms with Gasteiger partial charge in [0.2, 0.25) is 0 Å². The van der Waals surface area contributed by atoms with Crippen molar-refractivity contribution in [3.05, 3.63) is 27.8 Å². The van der Waals surface area contributed by atoms with Gasteiger partial charge in [-0.05, 0) is 12.0 Å². The van der Waals surface area contributed by atoms with E-state index in [0.717, 1.165) is 0 Å². The smallest absolute Gasteiger partial charge is 0.286 e. The predicted octanol–water partition coefficient (Wildman–Crippen LogP) is 2.11. The van der Waals surface area contributed by atoms with Crippen LogP contribution in [0.5, 0.6) is 11.5 Å². The molecule has 0 unspecified atom stereocenters. The van der Waals surface area contributed by atoms with Gasteiger partial charge in [-0.2, -0.15) is 0 Å². The Kier molecular flexibility index (Phi) is 10.1. The lowest BCUT2D eigenvalue weighted by Crippen LogP contribution is -2.40. The molecule has 27 heavy (non-hydrogen) atoms. The number of rotatable bonds is 10.